The number of benzene rings is 1. The molecule has 8 nitrogen and oxygen atoms in total. The molecule has 3 aromatic rings. The zero-order chi connectivity index (χ0) is 23.4. The highest BCUT2D eigenvalue weighted by atomic mass is 16.2. The van der Waals surface area contributed by atoms with E-state index in [2.05, 4.69) is 26.7 Å². The Bertz CT molecular complexity index is 1370. The van der Waals surface area contributed by atoms with E-state index < -0.39 is 5.41 Å². The molecule has 0 saturated heterocycles. The van der Waals surface area contributed by atoms with Gasteiger partial charge in [-0.25, -0.2) is 9.97 Å². The number of pyridine rings is 2. The van der Waals surface area contributed by atoms with E-state index in [1.807, 2.05) is 24.3 Å². The van der Waals surface area contributed by atoms with Gasteiger partial charge in [0.05, 0.1) is 16.8 Å². The van der Waals surface area contributed by atoms with Crippen LogP contribution in [0.25, 0.3) is 10.9 Å². The van der Waals surface area contributed by atoms with Crippen molar-refractivity contribution in [1.29, 1.82) is 0 Å². The molecule has 6 rings (SSSR count). The minimum Gasteiger partial charge on any atom is -0.369 e. The van der Waals surface area contributed by atoms with Crippen LogP contribution < -0.4 is 16.4 Å². The molecule has 2 aliphatic carbocycles. The van der Waals surface area contributed by atoms with Crippen molar-refractivity contribution in [1.82, 2.24) is 15.3 Å². The molecule has 3 atom stereocenters. The minimum absolute atomic E-state index is 0.0223. The van der Waals surface area contributed by atoms with Gasteiger partial charge in [0.1, 0.15) is 11.5 Å². The molecule has 0 radical (unpaired) electrons. The van der Waals surface area contributed by atoms with Crippen molar-refractivity contribution in [2.24, 2.45) is 11.7 Å². The standard InChI is InChI=1S/C26H25N5O3/c27-22(32)17-4-1-2-6-19(17)30-24(33)20-8-7-14-10-15-12-26(13-16(15)11-21(14)29-20)18-5-3-9-28-23(18)31-25(26)34/h3,5,7-11,17,19H,1-2,4,6,12-13H2,(H2,27,32)(H,30,33)(H,28,31,34). The summed E-state index contributed by atoms with van der Waals surface area (Å²) in [6.07, 6.45) is 6.21. The fourth-order valence-electron chi connectivity index (χ4n) is 5.91. The first kappa shape index (κ1) is 20.8. The topological polar surface area (TPSA) is 127 Å². The first-order valence-electron chi connectivity index (χ1n) is 11.7. The quantitative estimate of drug-likeness (QED) is 0.559. The molecule has 1 fully saturated rings. The predicted molar refractivity (Wildman–Crippen MR) is 126 cm³/mol. The summed E-state index contributed by atoms with van der Waals surface area (Å²) in [5.74, 6) is -0.390. The number of nitrogens with zero attached hydrogens (tertiary/aromatic N) is 2. The lowest BCUT2D eigenvalue weighted by atomic mass is 9.79. The molecule has 8 heteroatoms. The molecule has 1 saturated carbocycles. The van der Waals surface area contributed by atoms with Gasteiger partial charge in [-0.2, -0.15) is 0 Å². The molecule has 2 aromatic heterocycles. The van der Waals surface area contributed by atoms with Gasteiger partial charge >= 0.3 is 0 Å². The second-order valence-electron chi connectivity index (χ2n) is 9.67. The van der Waals surface area contributed by atoms with E-state index in [9.17, 15) is 14.4 Å². The first-order chi connectivity index (χ1) is 16.4. The fraction of sp³-hybridized carbons (Fsp3) is 0.346. The molecule has 4 N–H and O–H groups in total. The van der Waals surface area contributed by atoms with Crippen LogP contribution in [0.3, 0.4) is 0 Å². The van der Waals surface area contributed by atoms with E-state index in [-0.39, 0.29) is 29.7 Å². The lowest BCUT2D eigenvalue weighted by Gasteiger charge is -2.29. The number of nitrogens with two attached hydrogens (primary N) is 1. The summed E-state index contributed by atoms with van der Waals surface area (Å²) in [4.78, 5) is 46.7. The van der Waals surface area contributed by atoms with Gasteiger partial charge in [-0.1, -0.05) is 25.0 Å². The monoisotopic (exact) mass is 455 g/mol. The van der Waals surface area contributed by atoms with Crippen LogP contribution in [0.15, 0.2) is 42.6 Å². The minimum atomic E-state index is -0.645. The number of carbonyl (C=O) groups is 3. The number of carbonyl (C=O) groups excluding carboxylic acids is 3. The second kappa shape index (κ2) is 7.62. The Labute approximate surface area is 196 Å². The average Bonchev–Trinajstić information content (AvgIpc) is 3.34. The number of fused-ring (bicyclic) bond motifs is 4. The molecule has 3 amide bonds. The van der Waals surface area contributed by atoms with E-state index in [1.165, 1.54) is 0 Å². The summed E-state index contributed by atoms with van der Waals surface area (Å²) in [7, 11) is 0. The lowest BCUT2D eigenvalue weighted by molar-refractivity contribution is -0.123. The van der Waals surface area contributed by atoms with Gasteiger partial charge in [-0.15, -0.1) is 0 Å². The van der Waals surface area contributed by atoms with Gasteiger partial charge in [-0.05, 0) is 61.1 Å². The molecule has 3 unspecified atom stereocenters. The number of primary amides is 1. The number of amides is 3. The molecule has 3 heterocycles. The average molecular weight is 456 g/mol. The number of hydrogen-bond acceptors (Lipinski definition) is 5. The van der Waals surface area contributed by atoms with E-state index >= 15 is 0 Å². The number of hydrogen-bond donors (Lipinski definition) is 3. The molecule has 0 bridgehead atoms. The highest BCUT2D eigenvalue weighted by Crippen LogP contribution is 2.47. The first-order valence-corrected chi connectivity index (χ1v) is 11.7. The molecular formula is C26H25N5O3. The highest BCUT2D eigenvalue weighted by molar-refractivity contribution is 6.06. The Morgan fingerprint density at radius 1 is 1.09 bits per heavy atom. The van der Waals surface area contributed by atoms with Gasteiger partial charge in [0.15, 0.2) is 0 Å². The van der Waals surface area contributed by atoms with Crippen LogP contribution in [0.1, 0.15) is 52.9 Å². The van der Waals surface area contributed by atoms with Crippen molar-refractivity contribution < 1.29 is 14.4 Å². The van der Waals surface area contributed by atoms with Crippen LogP contribution in [0.2, 0.25) is 0 Å². The maximum atomic E-state index is 13.0. The summed E-state index contributed by atoms with van der Waals surface area (Å²) in [5, 5.41) is 6.83. The number of anilines is 1. The van der Waals surface area contributed by atoms with Crippen molar-refractivity contribution in [2.45, 2.75) is 50.0 Å². The van der Waals surface area contributed by atoms with Crippen LogP contribution in [-0.4, -0.2) is 33.7 Å². The molecule has 1 aromatic carbocycles. The summed E-state index contributed by atoms with van der Waals surface area (Å²) in [6, 6.07) is 11.2. The van der Waals surface area contributed by atoms with Crippen molar-refractivity contribution in [2.75, 3.05) is 5.32 Å². The fourth-order valence-corrected chi connectivity index (χ4v) is 5.91. The van der Waals surface area contributed by atoms with Gasteiger partial charge in [0.2, 0.25) is 11.8 Å². The normalized spacial score (nSPS) is 25.1. The highest BCUT2D eigenvalue weighted by Gasteiger charge is 2.51. The molecule has 172 valence electrons. The SMILES string of the molecule is NC(=O)C1CCCCC1NC(=O)c1ccc2cc3c(cc2n1)CC1(C3)C(=O)Nc2ncccc21. The van der Waals surface area contributed by atoms with E-state index in [0.29, 0.717) is 36.3 Å². The predicted octanol–water partition coefficient (Wildman–Crippen LogP) is 2.39. The second-order valence-corrected chi connectivity index (χ2v) is 9.67. The third-order valence-corrected chi connectivity index (χ3v) is 7.67. The maximum absolute atomic E-state index is 13.0. The Balaban J connectivity index is 1.29. The smallest absolute Gasteiger partial charge is 0.270 e. The Morgan fingerprint density at radius 2 is 1.88 bits per heavy atom. The number of nitrogens with one attached hydrogen (secondary N) is 2. The van der Waals surface area contributed by atoms with Crippen LogP contribution in [0, 0.1) is 5.92 Å². The summed E-state index contributed by atoms with van der Waals surface area (Å²) in [6.45, 7) is 0. The largest absolute Gasteiger partial charge is 0.369 e. The van der Waals surface area contributed by atoms with Gasteiger partial charge in [-0.3, -0.25) is 14.4 Å². The zero-order valence-electron chi connectivity index (χ0n) is 18.6. The van der Waals surface area contributed by atoms with E-state index in [0.717, 1.165) is 41.3 Å². The van der Waals surface area contributed by atoms with Gasteiger partial charge in [0.25, 0.3) is 5.91 Å². The van der Waals surface area contributed by atoms with Gasteiger partial charge < -0.3 is 16.4 Å². The summed E-state index contributed by atoms with van der Waals surface area (Å²) in [5.41, 5.74) is 9.03. The Kier molecular flexibility index (Phi) is 4.65. The van der Waals surface area contributed by atoms with Crippen LogP contribution in [0.4, 0.5) is 5.82 Å². The van der Waals surface area contributed by atoms with Crippen LogP contribution >= 0.6 is 0 Å². The summed E-state index contributed by atoms with van der Waals surface area (Å²) < 4.78 is 0. The number of rotatable bonds is 3. The Morgan fingerprint density at radius 3 is 2.71 bits per heavy atom. The third kappa shape index (κ3) is 3.16. The molecule has 3 aliphatic rings. The lowest BCUT2D eigenvalue weighted by Crippen LogP contribution is -2.47. The molecule has 1 aliphatic heterocycles. The van der Waals surface area contributed by atoms with Crippen LogP contribution in [0.5, 0.6) is 0 Å². The molecule has 34 heavy (non-hydrogen) atoms. The third-order valence-electron chi connectivity index (χ3n) is 7.67. The van der Waals surface area contributed by atoms with Gasteiger partial charge in [0, 0.05) is 23.2 Å². The van der Waals surface area contributed by atoms with E-state index in [4.69, 9.17) is 5.73 Å². The van der Waals surface area contributed by atoms with Crippen molar-refractivity contribution in [3.63, 3.8) is 0 Å². The van der Waals surface area contributed by atoms with Crippen LogP contribution in [-0.2, 0) is 27.8 Å². The van der Waals surface area contributed by atoms with Crippen molar-refractivity contribution in [3.8, 4) is 0 Å². The maximum Gasteiger partial charge on any atom is 0.270 e. The molecule has 1 spiro atoms. The molecular weight excluding hydrogens is 430 g/mol. The Hall–Kier alpha value is -3.81. The van der Waals surface area contributed by atoms with Crippen molar-refractivity contribution in [3.05, 3.63) is 65.0 Å². The zero-order valence-corrected chi connectivity index (χ0v) is 18.6. The number of aromatic nitrogens is 2. The van der Waals surface area contributed by atoms with E-state index in [1.54, 1.807) is 12.3 Å². The van der Waals surface area contributed by atoms with Crippen molar-refractivity contribution >= 4 is 34.4 Å². The summed E-state index contributed by atoms with van der Waals surface area (Å²) >= 11 is 0.